The molecule has 94 valence electrons. The van der Waals surface area contributed by atoms with E-state index in [9.17, 15) is 13.6 Å². The van der Waals surface area contributed by atoms with Crippen molar-refractivity contribution < 1.29 is 13.6 Å². The van der Waals surface area contributed by atoms with Crippen LogP contribution in [0.5, 0.6) is 0 Å². The number of carbonyl (C=O) groups excluding carboxylic acids is 1. The lowest BCUT2D eigenvalue weighted by molar-refractivity contribution is -0.119. The number of halogens is 2. The van der Waals surface area contributed by atoms with Gasteiger partial charge in [-0.2, -0.15) is 0 Å². The maximum atomic E-state index is 13.3. The van der Waals surface area contributed by atoms with E-state index in [1.807, 2.05) is 0 Å². The number of carbonyl (C=O) groups is 1. The van der Waals surface area contributed by atoms with E-state index in [-0.39, 0.29) is 5.69 Å². The Kier molecular flexibility index (Phi) is 3.83. The Morgan fingerprint density at radius 1 is 1.35 bits per heavy atom. The summed E-state index contributed by atoms with van der Waals surface area (Å²) in [5.74, 6) is -1.85. The molecule has 3 N–H and O–H groups in total. The highest BCUT2D eigenvalue weighted by atomic mass is 19.1. The number of nitrogens with one attached hydrogen (secondary N) is 1. The second-order valence-electron chi connectivity index (χ2n) is 4.96. The van der Waals surface area contributed by atoms with Crippen molar-refractivity contribution in [3.8, 4) is 0 Å². The van der Waals surface area contributed by atoms with Gasteiger partial charge in [-0.3, -0.25) is 4.79 Å². The molecule has 1 unspecified atom stereocenters. The highest BCUT2D eigenvalue weighted by molar-refractivity contribution is 5.95. The minimum Gasteiger partial charge on any atom is -0.322 e. The Morgan fingerprint density at radius 3 is 2.47 bits per heavy atom. The molecular formula is C12H16F2N2O. The number of anilines is 1. The van der Waals surface area contributed by atoms with E-state index in [4.69, 9.17) is 5.73 Å². The van der Waals surface area contributed by atoms with E-state index in [1.165, 1.54) is 0 Å². The summed E-state index contributed by atoms with van der Waals surface area (Å²) in [4.78, 5) is 11.7. The van der Waals surface area contributed by atoms with Crippen molar-refractivity contribution >= 4 is 11.6 Å². The first kappa shape index (κ1) is 13.6. The van der Waals surface area contributed by atoms with Gasteiger partial charge in [0.05, 0.1) is 11.7 Å². The maximum Gasteiger partial charge on any atom is 0.241 e. The van der Waals surface area contributed by atoms with Gasteiger partial charge in [0.1, 0.15) is 11.6 Å². The van der Waals surface area contributed by atoms with Crippen LogP contribution in [0.4, 0.5) is 14.5 Å². The van der Waals surface area contributed by atoms with Gasteiger partial charge >= 0.3 is 0 Å². The van der Waals surface area contributed by atoms with Crippen molar-refractivity contribution in [3.05, 3.63) is 29.8 Å². The van der Waals surface area contributed by atoms with Crippen molar-refractivity contribution in [2.45, 2.75) is 26.8 Å². The topological polar surface area (TPSA) is 55.1 Å². The van der Waals surface area contributed by atoms with E-state index < -0.39 is 29.0 Å². The standard InChI is InChI=1S/C12H16F2N2O/c1-12(2,3)10(15)11(17)16-9-6-7(13)4-5-8(9)14/h4-6,10H,15H2,1-3H3,(H,16,17). The number of hydrogen-bond donors (Lipinski definition) is 2. The number of rotatable bonds is 2. The lowest BCUT2D eigenvalue weighted by atomic mass is 9.87. The molecule has 3 nitrogen and oxygen atoms in total. The molecule has 5 heteroatoms. The summed E-state index contributed by atoms with van der Waals surface area (Å²) in [6, 6.07) is 2.05. The molecule has 1 amide bonds. The van der Waals surface area contributed by atoms with Gasteiger partial charge in [-0.05, 0) is 17.5 Å². The summed E-state index contributed by atoms with van der Waals surface area (Å²) >= 11 is 0. The molecule has 0 aliphatic carbocycles. The van der Waals surface area contributed by atoms with Crippen LogP contribution in [-0.2, 0) is 4.79 Å². The largest absolute Gasteiger partial charge is 0.322 e. The molecule has 0 aliphatic heterocycles. The second-order valence-corrected chi connectivity index (χ2v) is 4.96. The molecule has 0 radical (unpaired) electrons. The van der Waals surface area contributed by atoms with Crippen molar-refractivity contribution in [1.82, 2.24) is 0 Å². The van der Waals surface area contributed by atoms with Crippen LogP contribution in [-0.4, -0.2) is 11.9 Å². The zero-order chi connectivity index (χ0) is 13.2. The summed E-state index contributed by atoms with van der Waals surface area (Å²) in [5.41, 5.74) is 5.05. The lowest BCUT2D eigenvalue weighted by Crippen LogP contribution is -2.45. The van der Waals surface area contributed by atoms with Crippen molar-refractivity contribution in [2.75, 3.05) is 5.32 Å². The quantitative estimate of drug-likeness (QED) is 0.835. The summed E-state index contributed by atoms with van der Waals surface area (Å²) < 4.78 is 26.2. The highest BCUT2D eigenvalue weighted by Crippen LogP contribution is 2.20. The molecule has 0 heterocycles. The predicted octanol–water partition coefficient (Wildman–Crippen LogP) is 2.28. The molecule has 0 aliphatic rings. The van der Waals surface area contributed by atoms with Crippen LogP contribution in [0, 0.1) is 17.0 Å². The number of benzene rings is 1. The predicted molar refractivity (Wildman–Crippen MR) is 62.4 cm³/mol. The van der Waals surface area contributed by atoms with Crippen LogP contribution in [0.3, 0.4) is 0 Å². The molecule has 0 bridgehead atoms. The van der Waals surface area contributed by atoms with Crippen LogP contribution < -0.4 is 11.1 Å². The Hall–Kier alpha value is -1.49. The molecule has 1 atom stereocenters. The van der Waals surface area contributed by atoms with Gasteiger partial charge in [-0.15, -0.1) is 0 Å². The van der Waals surface area contributed by atoms with E-state index >= 15 is 0 Å². The van der Waals surface area contributed by atoms with Crippen molar-refractivity contribution in [3.63, 3.8) is 0 Å². The molecule has 1 aromatic carbocycles. The fourth-order valence-corrected chi connectivity index (χ4v) is 1.20. The van der Waals surface area contributed by atoms with E-state index in [2.05, 4.69) is 5.32 Å². The first-order valence-electron chi connectivity index (χ1n) is 5.23. The summed E-state index contributed by atoms with van der Waals surface area (Å²) in [6.07, 6.45) is 0. The summed E-state index contributed by atoms with van der Waals surface area (Å²) in [6.45, 7) is 5.37. The lowest BCUT2D eigenvalue weighted by Gasteiger charge is -2.25. The van der Waals surface area contributed by atoms with Gasteiger partial charge in [0, 0.05) is 6.07 Å². The zero-order valence-corrected chi connectivity index (χ0v) is 10.1. The van der Waals surface area contributed by atoms with E-state index in [0.717, 1.165) is 18.2 Å². The molecule has 0 saturated heterocycles. The average Bonchev–Trinajstić information content (AvgIpc) is 2.21. The minimum absolute atomic E-state index is 0.199. The fourth-order valence-electron chi connectivity index (χ4n) is 1.20. The van der Waals surface area contributed by atoms with Crippen molar-refractivity contribution in [1.29, 1.82) is 0 Å². The van der Waals surface area contributed by atoms with Crippen LogP contribution in [0.1, 0.15) is 20.8 Å². The smallest absolute Gasteiger partial charge is 0.241 e. The van der Waals surface area contributed by atoms with Crippen LogP contribution in [0.15, 0.2) is 18.2 Å². The molecule has 1 rings (SSSR count). The van der Waals surface area contributed by atoms with Crippen LogP contribution in [0.25, 0.3) is 0 Å². The van der Waals surface area contributed by atoms with Gasteiger partial charge in [0.25, 0.3) is 0 Å². The molecular weight excluding hydrogens is 226 g/mol. The maximum absolute atomic E-state index is 13.3. The third-order valence-corrected chi connectivity index (χ3v) is 2.40. The van der Waals surface area contributed by atoms with E-state index in [0.29, 0.717) is 0 Å². The average molecular weight is 242 g/mol. The fraction of sp³-hybridized carbons (Fsp3) is 0.417. The number of hydrogen-bond acceptors (Lipinski definition) is 2. The number of amides is 1. The Morgan fingerprint density at radius 2 is 1.94 bits per heavy atom. The SMILES string of the molecule is CC(C)(C)C(N)C(=O)Nc1cc(F)ccc1F. The minimum atomic E-state index is -0.801. The Balaban J connectivity index is 2.85. The molecule has 17 heavy (non-hydrogen) atoms. The van der Waals surface area contributed by atoms with Gasteiger partial charge in [-0.25, -0.2) is 8.78 Å². The number of nitrogens with two attached hydrogens (primary N) is 1. The van der Waals surface area contributed by atoms with Crippen molar-refractivity contribution in [2.24, 2.45) is 11.1 Å². The Labute approximate surface area is 99.0 Å². The van der Waals surface area contributed by atoms with Gasteiger partial charge in [-0.1, -0.05) is 20.8 Å². The van der Waals surface area contributed by atoms with Gasteiger partial charge in [0.15, 0.2) is 0 Å². The monoisotopic (exact) mass is 242 g/mol. The second kappa shape index (κ2) is 4.79. The first-order valence-corrected chi connectivity index (χ1v) is 5.23. The normalized spacial score (nSPS) is 13.3. The molecule has 0 fully saturated rings. The highest BCUT2D eigenvalue weighted by Gasteiger charge is 2.27. The molecule has 0 saturated carbocycles. The Bertz CT molecular complexity index is 427. The molecule has 0 spiro atoms. The van der Waals surface area contributed by atoms with Crippen LogP contribution in [0.2, 0.25) is 0 Å². The van der Waals surface area contributed by atoms with Gasteiger partial charge in [0.2, 0.25) is 5.91 Å². The van der Waals surface area contributed by atoms with Crippen LogP contribution >= 0.6 is 0 Å². The molecule has 0 aromatic heterocycles. The first-order chi connectivity index (χ1) is 7.71. The third kappa shape index (κ3) is 3.49. The van der Waals surface area contributed by atoms with Gasteiger partial charge < -0.3 is 11.1 Å². The third-order valence-electron chi connectivity index (χ3n) is 2.40. The summed E-state index contributed by atoms with van der Waals surface area (Å²) in [7, 11) is 0. The summed E-state index contributed by atoms with van der Waals surface area (Å²) in [5, 5.41) is 2.28. The van der Waals surface area contributed by atoms with E-state index in [1.54, 1.807) is 20.8 Å². The molecule has 1 aromatic rings. The zero-order valence-electron chi connectivity index (χ0n) is 10.1.